The van der Waals surface area contributed by atoms with Crippen molar-refractivity contribution in [2.24, 2.45) is 5.92 Å². The largest absolute Gasteiger partial charge is 0.356 e. The molecule has 1 aromatic heterocycles. The summed E-state index contributed by atoms with van der Waals surface area (Å²) in [7, 11) is 0. The molecular formula is C17H17BrN4O3. The van der Waals surface area contributed by atoms with Crippen LogP contribution in [0.15, 0.2) is 47.1 Å². The summed E-state index contributed by atoms with van der Waals surface area (Å²) in [6.45, 7) is 1.33. The number of nitrogens with zero attached hydrogens (tertiary/aromatic N) is 3. The average Bonchev–Trinajstić information content (AvgIpc) is 2.64. The maximum Gasteiger partial charge on any atom is 0.287 e. The molecule has 1 fully saturated rings. The van der Waals surface area contributed by atoms with Crippen molar-refractivity contribution in [2.45, 2.75) is 12.8 Å². The van der Waals surface area contributed by atoms with Crippen LogP contribution in [0.3, 0.4) is 0 Å². The van der Waals surface area contributed by atoms with Crippen molar-refractivity contribution in [3.8, 4) is 0 Å². The molecular weight excluding hydrogens is 388 g/mol. The van der Waals surface area contributed by atoms with Crippen LogP contribution in [0.25, 0.3) is 0 Å². The first-order valence-electron chi connectivity index (χ1n) is 7.95. The van der Waals surface area contributed by atoms with E-state index in [0.717, 1.165) is 29.5 Å². The van der Waals surface area contributed by atoms with Gasteiger partial charge in [0.15, 0.2) is 0 Å². The Kier molecular flexibility index (Phi) is 5.28. The topological polar surface area (TPSA) is 88.4 Å². The Morgan fingerprint density at radius 3 is 2.68 bits per heavy atom. The molecule has 1 atom stereocenters. The minimum absolute atomic E-state index is 0.0195. The zero-order valence-corrected chi connectivity index (χ0v) is 15.0. The average molecular weight is 405 g/mol. The first-order valence-corrected chi connectivity index (χ1v) is 8.74. The second-order valence-electron chi connectivity index (χ2n) is 5.91. The van der Waals surface area contributed by atoms with Gasteiger partial charge in [-0.15, -0.1) is 0 Å². The van der Waals surface area contributed by atoms with E-state index in [2.05, 4.69) is 26.2 Å². The van der Waals surface area contributed by atoms with Crippen LogP contribution in [0.4, 0.5) is 17.2 Å². The summed E-state index contributed by atoms with van der Waals surface area (Å²) in [4.78, 5) is 28.9. The highest BCUT2D eigenvalue weighted by Gasteiger charge is 2.26. The third-order valence-corrected chi connectivity index (χ3v) is 4.70. The van der Waals surface area contributed by atoms with Crippen molar-refractivity contribution in [3.05, 3.63) is 57.2 Å². The molecule has 0 spiro atoms. The maximum atomic E-state index is 12.5. The second-order valence-corrected chi connectivity index (χ2v) is 6.83. The number of pyridine rings is 1. The van der Waals surface area contributed by atoms with Gasteiger partial charge in [-0.2, -0.15) is 0 Å². The number of nitrogens with one attached hydrogen (secondary N) is 1. The van der Waals surface area contributed by atoms with Crippen LogP contribution < -0.4 is 10.2 Å². The van der Waals surface area contributed by atoms with Gasteiger partial charge >= 0.3 is 0 Å². The first-order chi connectivity index (χ1) is 12.0. The number of carbonyl (C=O) groups is 1. The van der Waals surface area contributed by atoms with Crippen LogP contribution in [0, 0.1) is 16.0 Å². The van der Waals surface area contributed by atoms with E-state index in [1.165, 1.54) is 12.3 Å². The molecule has 130 valence electrons. The molecule has 7 nitrogen and oxygen atoms in total. The molecule has 25 heavy (non-hydrogen) atoms. The lowest BCUT2D eigenvalue weighted by molar-refractivity contribution is -0.385. The third-order valence-electron chi connectivity index (χ3n) is 4.17. The Hall–Kier alpha value is -2.48. The van der Waals surface area contributed by atoms with Crippen LogP contribution in [0.2, 0.25) is 0 Å². The van der Waals surface area contributed by atoms with E-state index in [0.29, 0.717) is 12.4 Å². The lowest BCUT2D eigenvalue weighted by atomic mass is 9.97. The van der Waals surface area contributed by atoms with Crippen molar-refractivity contribution in [1.29, 1.82) is 0 Å². The molecule has 1 aliphatic rings. The molecule has 0 saturated carbocycles. The van der Waals surface area contributed by atoms with Crippen molar-refractivity contribution in [2.75, 3.05) is 23.3 Å². The van der Waals surface area contributed by atoms with Crippen LogP contribution in [0.1, 0.15) is 12.8 Å². The number of hydrogen-bond acceptors (Lipinski definition) is 5. The number of piperidine rings is 1. The summed E-state index contributed by atoms with van der Waals surface area (Å²) in [5, 5.41) is 13.7. The Labute approximate surface area is 153 Å². The van der Waals surface area contributed by atoms with E-state index in [-0.39, 0.29) is 17.5 Å². The molecule has 1 aliphatic heterocycles. The Morgan fingerprint density at radius 1 is 1.28 bits per heavy atom. The summed E-state index contributed by atoms with van der Waals surface area (Å²) >= 11 is 3.37. The van der Waals surface area contributed by atoms with E-state index in [1.54, 1.807) is 6.07 Å². The minimum atomic E-state index is -0.471. The molecule has 8 heteroatoms. The standard InChI is InChI=1S/C17H17BrN4O3/c18-13-3-5-14(6-4-13)20-17(23)12-2-1-9-21(11-12)16-8-7-15(10-19-16)22(24)25/h3-8,10,12H,1-2,9,11H2,(H,20,23)/t12-/m1/s1. The van der Waals surface area contributed by atoms with Crippen molar-refractivity contribution in [3.63, 3.8) is 0 Å². The smallest absolute Gasteiger partial charge is 0.287 e. The highest BCUT2D eigenvalue weighted by atomic mass is 79.9. The summed E-state index contributed by atoms with van der Waals surface area (Å²) in [5.41, 5.74) is 0.726. The molecule has 0 radical (unpaired) electrons. The fraction of sp³-hybridized carbons (Fsp3) is 0.294. The highest BCUT2D eigenvalue weighted by Crippen LogP contribution is 2.24. The van der Waals surface area contributed by atoms with Crippen LogP contribution >= 0.6 is 15.9 Å². The number of nitro groups is 1. The lowest BCUT2D eigenvalue weighted by Gasteiger charge is -2.32. The number of halogens is 1. The SMILES string of the molecule is O=C(Nc1ccc(Br)cc1)[C@@H]1CCCN(c2ccc([N+](=O)[O-])cn2)C1. The van der Waals surface area contributed by atoms with E-state index in [1.807, 2.05) is 29.2 Å². The van der Waals surface area contributed by atoms with Gasteiger partial charge in [-0.25, -0.2) is 4.98 Å². The van der Waals surface area contributed by atoms with Gasteiger partial charge in [-0.1, -0.05) is 15.9 Å². The summed E-state index contributed by atoms with van der Waals surface area (Å²) < 4.78 is 0.957. The lowest BCUT2D eigenvalue weighted by Crippen LogP contribution is -2.41. The normalized spacial score (nSPS) is 17.2. The van der Waals surface area contributed by atoms with Gasteiger partial charge in [0.1, 0.15) is 12.0 Å². The predicted octanol–water partition coefficient (Wildman–Crippen LogP) is 3.61. The van der Waals surface area contributed by atoms with Gasteiger partial charge < -0.3 is 10.2 Å². The molecule has 1 N–H and O–H groups in total. The second kappa shape index (κ2) is 7.60. The third kappa shape index (κ3) is 4.33. The predicted molar refractivity (Wildman–Crippen MR) is 98.6 cm³/mol. The first kappa shape index (κ1) is 17.3. The zero-order valence-electron chi connectivity index (χ0n) is 13.4. The summed E-state index contributed by atoms with van der Waals surface area (Å²) in [6, 6.07) is 10.5. The van der Waals surface area contributed by atoms with Crippen molar-refractivity contribution in [1.82, 2.24) is 4.98 Å². The molecule has 1 amide bonds. The quantitative estimate of drug-likeness (QED) is 0.620. The van der Waals surface area contributed by atoms with Crippen molar-refractivity contribution < 1.29 is 9.72 Å². The minimum Gasteiger partial charge on any atom is -0.356 e. The molecule has 0 unspecified atom stereocenters. The maximum absolute atomic E-state index is 12.5. The molecule has 1 aromatic carbocycles. The zero-order chi connectivity index (χ0) is 17.8. The number of benzene rings is 1. The number of aromatic nitrogens is 1. The Bertz CT molecular complexity index is 764. The van der Waals surface area contributed by atoms with Crippen LogP contribution in [0.5, 0.6) is 0 Å². The Morgan fingerprint density at radius 2 is 2.04 bits per heavy atom. The fourth-order valence-corrected chi connectivity index (χ4v) is 3.11. The van der Waals surface area contributed by atoms with Crippen LogP contribution in [-0.2, 0) is 4.79 Å². The Balaban J connectivity index is 1.64. The molecule has 2 aromatic rings. The highest BCUT2D eigenvalue weighted by molar-refractivity contribution is 9.10. The number of hydrogen-bond donors (Lipinski definition) is 1. The molecule has 1 saturated heterocycles. The summed E-state index contributed by atoms with van der Waals surface area (Å²) in [6.07, 6.45) is 2.93. The fourth-order valence-electron chi connectivity index (χ4n) is 2.85. The molecule has 0 aliphatic carbocycles. The number of carbonyl (C=O) groups excluding carboxylic acids is 1. The summed E-state index contributed by atoms with van der Waals surface area (Å²) in [5.74, 6) is 0.495. The number of anilines is 2. The van der Waals surface area contributed by atoms with E-state index >= 15 is 0 Å². The van der Waals surface area contributed by atoms with Gasteiger partial charge in [-0.05, 0) is 43.2 Å². The van der Waals surface area contributed by atoms with Gasteiger partial charge in [0.05, 0.1) is 10.8 Å². The molecule has 2 heterocycles. The molecule has 3 rings (SSSR count). The monoisotopic (exact) mass is 404 g/mol. The van der Waals surface area contributed by atoms with E-state index in [9.17, 15) is 14.9 Å². The van der Waals surface area contributed by atoms with Crippen molar-refractivity contribution >= 4 is 39.0 Å². The van der Waals surface area contributed by atoms with E-state index < -0.39 is 4.92 Å². The number of rotatable bonds is 4. The number of amides is 1. The van der Waals surface area contributed by atoms with Gasteiger partial charge in [0.2, 0.25) is 5.91 Å². The van der Waals surface area contributed by atoms with Gasteiger partial charge in [-0.3, -0.25) is 14.9 Å². The molecule has 0 bridgehead atoms. The van der Waals surface area contributed by atoms with Gasteiger partial charge in [0, 0.05) is 29.3 Å². The van der Waals surface area contributed by atoms with Crippen LogP contribution in [-0.4, -0.2) is 28.9 Å². The van der Waals surface area contributed by atoms with E-state index in [4.69, 9.17) is 0 Å². The van der Waals surface area contributed by atoms with Gasteiger partial charge in [0.25, 0.3) is 5.69 Å².